The quantitative estimate of drug-likeness (QED) is 0.0322. The van der Waals surface area contributed by atoms with Crippen LogP contribution in [-0.4, -0.2) is 50.3 Å². The smallest absolute Gasteiger partial charge is 0.343 e. The zero-order chi connectivity index (χ0) is 41.1. The average molecular weight is 780 g/mol. The Labute approximate surface area is 336 Å². The van der Waals surface area contributed by atoms with Crippen molar-refractivity contribution < 1.29 is 47.6 Å². The highest BCUT2D eigenvalue weighted by atomic mass is 16.6. The molecule has 11 heteroatoms. The van der Waals surface area contributed by atoms with Gasteiger partial charge in [-0.15, -0.1) is 0 Å². The van der Waals surface area contributed by atoms with Gasteiger partial charge in [0.15, 0.2) is 11.5 Å². The summed E-state index contributed by atoms with van der Waals surface area (Å²) < 4.78 is 32.8. The summed E-state index contributed by atoms with van der Waals surface area (Å²) in [4.78, 5) is 48.6. The van der Waals surface area contributed by atoms with Crippen LogP contribution in [0, 0.1) is 11.3 Å². The lowest BCUT2D eigenvalue weighted by molar-refractivity contribution is -0.138. The minimum atomic E-state index is -0.700. The lowest BCUT2D eigenvalue weighted by Gasteiger charge is -2.12. The van der Waals surface area contributed by atoms with Crippen LogP contribution in [0.3, 0.4) is 0 Å². The second-order valence-electron chi connectivity index (χ2n) is 12.6. The number of benzene rings is 5. The SMILES string of the molecule is C=CC(=O)OCCCCOc1ccc(-c2ccc(C(=O)Oc3ccc(C#N)cc3OC(=O)c3ccc(-c4ccc(OCCCCOC(=O)C=C)cc4)cc3)cc2)cc1. The van der Waals surface area contributed by atoms with Gasteiger partial charge in [-0.1, -0.05) is 61.7 Å². The summed E-state index contributed by atoms with van der Waals surface area (Å²) in [5.41, 5.74) is 4.28. The fourth-order valence-electron chi connectivity index (χ4n) is 5.40. The molecule has 58 heavy (non-hydrogen) atoms. The van der Waals surface area contributed by atoms with Gasteiger partial charge in [-0.25, -0.2) is 19.2 Å². The molecule has 0 aliphatic heterocycles. The largest absolute Gasteiger partial charge is 0.494 e. The first-order chi connectivity index (χ1) is 28.3. The number of esters is 4. The summed E-state index contributed by atoms with van der Waals surface area (Å²) in [5, 5.41) is 9.50. The molecule has 0 heterocycles. The summed E-state index contributed by atoms with van der Waals surface area (Å²) in [7, 11) is 0. The van der Waals surface area contributed by atoms with Crippen molar-refractivity contribution in [1.29, 1.82) is 5.26 Å². The molecule has 0 amide bonds. The number of unbranched alkanes of at least 4 members (excludes halogenated alkanes) is 2. The molecule has 5 aromatic carbocycles. The highest BCUT2D eigenvalue weighted by Gasteiger charge is 2.18. The normalized spacial score (nSPS) is 10.3. The van der Waals surface area contributed by atoms with Gasteiger partial charge in [0.1, 0.15) is 11.5 Å². The first-order valence-electron chi connectivity index (χ1n) is 18.5. The second-order valence-corrected chi connectivity index (χ2v) is 12.6. The van der Waals surface area contributed by atoms with Crippen LogP contribution in [-0.2, 0) is 19.1 Å². The Bertz CT molecular complexity index is 2240. The molecule has 0 aliphatic rings. The van der Waals surface area contributed by atoms with Crippen LogP contribution in [0.2, 0.25) is 0 Å². The fourth-order valence-corrected chi connectivity index (χ4v) is 5.40. The van der Waals surface area contributed by atoms with Crippen LogP contribution in [0.1, 0.15) is 52.0 Å². The summed E-state index contributed by atoms with van der Waals surface area (Å²) in [6, 6.07) is 34.9. The van der Waals surface area contributed by atoms with Crippen molar-refractivity contribution in [3.63, 3.8) is 0 Å². The molecule has 0 atom stereocenters. The highest BCUT2D eigenvalue weighted by Crippen LogP contribution is 2.31. The molecular weight excluding hydrogens is 739 g/mol. The molecule has 5 aromatic rings. The van der Waals surface area contributed by atoms with Crippen molar-refractivity contribution in [2.45, 2.75) is 25.7 Å². The Morgan fingerprint density at radius 1 is 0.500 bits per heavy atom. The third-order valence-electron chi connectivity index (χ3n) is 8.53. The Balaban J connectivity index is 1.13. The van der Waals surface area contributed by atoms with Crippen LogP contribution in [0.25, 0.3) is 22.3 Å². The number of carbonyl (C=O) groups is 4. The van der Waals surface area contributed by atoms with E-state index in [0.717, 1.165) is 47.2 Å². The van der Waals surface area contributed by atoms with Crippen LogP contribution in [0.15, 0.2) is 141 Å². The first kappa shape index (κ1) is 41.7. The van der Waals surface area contributed by atoms with Gasteiger partial charge in [0.05, 0.1) is 49.2 Å². The van der Waals surface area contributed by atoms with Crippen molar-refractivity contribution in [2.24, 2.45) is 0 Å². The maximum atomic E-state index is 13.2. The van der Waals surface area contributed by atoms with E-state index in [1.165, 1.54) is 18.2 Å². The van der Waals surface area contributed by atoms with E-state index in [2.05, 4.69) is 13.2 Å². The van der Waals surface area contributed by atoms with E-state index in [-0.39, 0.29) is 28.2 Å². The Kier molecular flexibility index (Phi) is 15.5. The lowest BCUT2D eigenvalue weighted by Crippen LogP contribution is -2.13. The van der Waals surface area contributed by atoms with Gasteiger partial charge in [0, 0.05) is 18.2 Å². The number of rotatable bonds is 20. The molecular formula is C47H41NO10. The standard InChI is InChI=1S/C47H41NO10/c1-3-44(49)55-29-7-5-27-53-40-22-18-36(19-23-40)34-10-14-38(15-11-34)46(51)57-42-26-9-33(32-48)31-43(42)58-47(52)39-16-12-35(13-17-39)37-20-24-41(25-21-37)54-28-6-8-30-56-45(50)4-2/h3-4,9-26,31H,1-2,5-8,27-30H2. The molecule has 0 bridgehead atoms. The summed E-state index contributed by atoms with van der Waals surface area (Å²) in [6.07, 6.45) is 5.07. The Morgan fingerprint density at radius 3 is 1.28 bits per heavy atom. The van der Waals surface area contributed by atoms with Crippen LogP contribution >= 0.6 is 0 Å². The molecule has 0 saturated heterocycles. The van der Waals surface area contributed by atoms with Gasteiger partial charge < -0.3 is 28.4 Å². The molecule has 0 fully saturated rings. The van der Waals surface area contributed by atoms with Crippen LogP contribution in [0.4, 0.5) is 0 Å². The lowest BCUT2D eigenvalue weighted by atomic mass is 10.0. The molecule has 11 nitrogen and oxygen atoms in total. The van der Waals surface area contributed by atoms with Gasteiger partial charge in [0.2, 0.25) is 0 Å². The molecule has 294 valence electrons. The zero-order valence-electron chi connectivity index (χ0n) is 31.7. The van der Waals surface area contributed by atoms with E-state index >= 15 is 0 Å². The number of hydrogen-bond donors (Lipinski definition) is 0. The monoisotopic (exact) mass is 779 g/mol. The van der Waals surface area contributed by atoms with Gasteiger partial charge in [-0.2, -0.15) is 5.26 Å². The van der Waals surface area contributed by atoms with Gasteiger partial charge in [0.25, 0.3) is 0 Å². The van der Waals surface area contributed by atoms with Crippen molar-refractivity contribution in [1.82, 2.24) is 0 Å². The fraction of sp³-hybridized carbons (Fsp3) is 0.170. The van der Waals surface area contributed by atoms with Crippen LogP contribution in [0.5, 0.6) is 23.0 Å². The average Bonchev–Trinajstić information content (AvgIpc) is 3.26. The molecule has 0 saturated carbocycles. The number of ether oxygens (including phenoxy) is 6. The summed E-state index contributed by atoms with van der Waals surface area (Å²) >= 11 is 0. The van der Waals surface area contributed by atoms with E-state index in [9.17, 15) is 24.4 Å². The van der Waals surface area contributed by atoms with Gasteiger partial charge in [-0.05, 0) is 109 Å². The molecule has 0 unspecified atom stereocenters. The number of nitrogens with zero attached hydrogens (tertiary/aromatic N) is 1. The molecule has 5 rings (SSSR count). The highest BCUT2D eigenvalue weighted by molar-refractivity contribution is 5.94. The van der Waals surface area contributed by atoms with E-state index < -0.39 is 23.9 Å². The Morgan fingerprint density at radius 2 is 0.879 bits per heavy atom. The van der Waals surface area contributed by atoms with E-state index in [4.69, 9.17) is 28.4 Å². The van der Waals surface area contributed by atoms with Crippen molar-refractivity contribution in [2.75, 3.05) is 26.4 Å². The van der Waals surface area contributed by atoms with E-state index in [1.807, 2.05) is 54.6 Å². The molecule has 0 N–H and O–H groups in total. The van der Waals surface area contributed by atoms with Crippen molar-refractivity contribution >= 4 is 23.9 Å². The maximum Gasteiger partial charge on any atom is 0.343 e. The van der Waals surface area contributed by atoms with Gasteiger partial charge in [-0.3, -0.25) is 0 Å². The predicted octanol–water partition coefficient (Wildman–Crippen LogP) is 9.11. The van der Waals surface area contributed by atoms with Crippen molar-refractivity contribution in [3.05, 3.63) is 157 Å². The van der Waals surface area contributed by atoms with Gasteiger partial charge >= 0.3 is 23.9 Å². The number of nitriles is 1. The minimum Gasteiger partial charge on any atom is -0.494 e. The topological polar surface area (TPSA) is 147 Å². The second kappa shape index (κ2) is 21.6. The summed E-state index contributed by atoms with van der Waals surface area (Å²) in [5.74, 6) is -0.962. The third-order valence-corrected chi connectivity index (χ3v) is 8.53. The Hall–Kier alpha value is -7.45. The minimum absolute atomic E-state index is 0.0233. The zero-order valence-corrected chi connectivity index (χ0v) is 31.7. The van der Waals surface area contributed by atoms with Crippen molar-refractivity contribution in [3.8, 4) is 51.3 Å². The molecule has 0 aliphatic carbocycles. The summed E-state index contributed by atoms with van der Waals surface area (Å²) in [6.45, 7) is 8.31. The van der Waals surface area contributed by atoms with E-state index in [1.54, 1.807) is 48.5 Å². The molecule has 0 radical (unpaired) electrons. The third kappa shape index (κ3) is 12.5. The van der Waals surface area contributed by atoms with Crippen LogP contribution < -0.4 is 18.9 Å². The number of hydrogen-bond acceptors (Lipinski definition) is 11. The number of carbonyl (C=O) groups excluding carboxylic acids is 4. The first-order valence-corrected chi connectivity index (χ1v) is 18.5. The molecule has 0 aromatic heterocycles. The van der Waals surface area contributed by atoms with E-state index in [0.29, 0.717) is 50.8 Å². The maximum absolute atomic E-state index is 13.2. The predicted molar refractivity (Wildman–Crippen MR) is 217 cm³/mol. The molecule has 0 spiro atoms.